The second-order valence-electron chi connectivity index (χ2n) is 5.88. The van der Waals surface area contributed by atoms with Crippen LogP contribution in [0.3, 0.4) is 0 Å². The largest absolute Gasteiger partial charge is 0.379 e. The Kier molecular flexibility index (Phi) is 4.22. The minimum Gasteiger partial charge on any atom is -0.379 e. The molecule has 0 radical (unpaired) electrons. The number of hydrogen-bond acceptors (Lipinski definition) is 5. The summed E-state index contributed by atoms with van der Waals surface area (Å²) in [5.41, 5.74) is -0.137. The van der Waals surface area contributed by atoms with Gasteiger partial charge in [-0.3, -0.25) is 9.78 Å². The quantitative estimate of drug-likeness (QED) is 0.693. The zero-order valence-corrected chi connectivity index (χ0v) is 14.4. The molecule has 3 aromatic rings. The first kappa shape index (κ1) is 17.0. The van der Waals surface area contributed by atoms with Crippen molar-refractivity contribution in [3.05, 3.63) is 68.9 Å². The molecule has 0 spiro atoms. The molecule has 0 amide bonds. The van der Waals surface area contributed by atoms with E-state index in [9.17, 15) is 18.0 Å². The number of fused-ring (bicyclic) bond motifs is 1. The Morgan fingerprint density at radius 2 is 1.76 bits per heavy atom. The van der Waals surface area contributed by atoms with E-state index in [4.69, 9.17) is 4.18 Å². The average Bonchev–Trinajstić information content (AvgIpc) is 2.54. The van der Waals surface area contributed by atoms with Gasteiger partial charge in [-0.1, -0.05) is 26.0 Å². The Morgan fingerprint density at radius 3 is 2.48 bits per heavy atom. The van der Waals surface area contributed by atoms with Crippen LogP contribution in [0.1, 0.15) is 25.3 Å². The summed E-state index contributed by atoms with van der Waals surface area (Å²) in [7, 11) is -4.12. The summed E-state index contributed by atoms with van der Waals surface area (Å²) in [6.07, 6.45) is 0. The summed E-state index contributed by atoms with van der Waals surface area (Å²) < 4.78 is 30.2. The fourth-order valence-corrected chi connectivity index (χ4v) is 3.35. The smallest absolute Gasteiger partial charge is 0.339 e. The van der Waals surface area contributed by atoms with Gasteiger partial charge in [0.2, 0.25) is 0 Å². The number of benzene rings is 2. The van der Waals surface area contributed by atoms with E-state index in [0.29, 0.717) is 0 Å². The van der Waals surface area contributed by atoms with E-state index in [0.717, 1.165) is 5.56 Å². The predicted molar refractivity (Wildman–Crippen MR) is 93.5 cm³/mol. The topological polar surface area (TPSA) is 109 Å². The van der Waals surface area contributed by atoms with Crippen LogP contribution < -0.4 is 15.4 Å². The average molecular weight is 360 g/mol. The van der Waals surface area contributed by atoms with Crippen molar-refractivity contribution < 1.29 is 12.6 Å². The molecule has 0 atom stereocenters. The van der Waals surface area contributed by atoms with Gasteiger partial charge in [-0.2, -0.15) is 8.42 Å². The second-order valence-corrected chi connectivity index (χ2v) is 7.43. The Hall–Kier alpha value is -2.87. The Labute approximate surface area is 143 Å². The molecule has 3 rings (SSSR count). The van der Waals surface area contributed by atoms with Gasteiger partial charge in [0.1, 0.15) is 10.6 Å². The number of H-pyrrole nitrogens is 2. The standard InChI is InChI=1S/C17H16N2O5S/c1-10(2)11-4-3-5-12(8-11)24-25(22,23)13-6-7-15-14(9-13)16(20)19-17(21)18-15/h3-10H,1-2H3,(H2,18,19,20,21). The van der Waals surface area contributed by atoms with Crippen LogP contribution in [0.25, 0.3) is 10.9 Å². The molecular weight excluding hydrogens is 344 g/mol. The van der Waals surface area contributed by atoms with Gasteiger partial charge in [-0.25, -0.2) is 4.79 Å². The summed E-state index contributed by atoms with van der Waals surface area (Å²) in [6.45, 7) is 3.98. The van der Waals surface area contributed by atoms with Gasteiger partial charge in [-0.05, 0) is 41.8 Å². The van der Waals surface area contributed by atoms with Crippen LogP contribution in [-0.4, -0.2) is 18.4 Å². The van der Waals surface area contributed by atoms with Gasteiger partial charge < -0.3 is 9.17 Å². The molecule has 0 aliphatic rings. The molecule has 0 saturated carbocycles. The van der Waals surface area contributed by atoms with Gasteiger partial charge in [0.25, 0.3) is 5.56 Å². The molecule has 0 unspecified atom stereocenters. The van der Waals surface area contributed by atoms with E-state index in [1.807, 2.05) is 19.9 Å². The van der Waals surface area contributed by atoms with Crippen molar-refractivity contribution >= 4 is 21.0 Å². The van der Waals surface area contributed by atoms with Crippen LogP contribution in [-0.2, 0) is 10.1 Å². The maximum atomic E-state index is 12.5. The van der Waals surface area contributed by atoms with Crippen molar-refractivity contribution in [1.29, 1.82) is 0 Å². The highest BCUT2D eigenvalue weighted by molar-refractivity contribution is 7.87. The van der Waals surface area contributed by atoms with E-state index in [1.165, 1.54) is 18.2 Å². The fraction of sp³-hybridized carbons (Fsp3) is 0.176. The number of hydrogen-bond donors (Lipinski definition) is 2. The molecule has 2 N–H and O–H groups in total. The third kappa shape index (κ3) is 3.48. The molecule has 130 valence electrons. The number of aromatic nitrogens is 2. The highest BCUT2D eigenvalue weighted by Crippen LogP contribution is 2.24. The van der Waals surface area contributed by atoms with Crippen LogP contribution >= 0.6 is 0 Å². The van der Waals surface area contributed by atoms with Crippen molar-refractivity contribution in [2.45, 2.75) is 24.7 Å². The highest BCUT2D eigenvalue weighted by Gasteiger charge is 2.18. The molecule has 2 aromatic carbocycles. The molecule has 0 fully saturated rings. The molecule has 7 nitrogen and oxygen atoms in total. The lowest BCUT2D eigenvalue weighted by molar-refractivity contribution is 0.485. The van der Waals surface area contributed by atoms with E-state index < -0.39 is 21.4 Å². The van der Waals surface area contributed by atoms with Crippen molar-refractivity contribution in [1.82, 2.24) is 9.97 Å². The maximum Gasteiger partial charge on any atom is 0.339 e. The lowest BCUT2D eigenvalue weighted by atomic mass is 10.0. The molecule has 8 heteroatoms. The van der Waals surface area contributed by atoms with E-state index in [-0.39, 0.29) is 27.5 Å². The maximum absolute atomic E-state index is 12.5. The van der Waals surface area contributed by atoms with E-state index in [2.05, 4.69) is 9.97 Å². The van der Waals surface area contributed by atoms with Gasteiger partial charge in [-0.15, -0.1) is 0 Å². The first-order chi connectivity index (χ1) is 11.8. The summed E-state index contributed by atoms with van der Waals surface area (Å²) in [5.74, 6) is 0.420. The first-order valence-corrected chi connectivity index (χ1v) is 8.98. The lowest BCUT2D eigenvalue weighted by Gasteiger charge is -2.10. The molecule has 25 heavy (non-hydrogen) atoms. The zero-order chi connectivity index (χ0) is 18.2. The van der Waals surface area contributed by atoms with Crippen LogP contribution in [0, 0.1) is 0 Å². The monoisotopic (exact) mass is 360 g/mol. The van der Waals surface area contributed by atoms with Gasteiger partial charge in [0, 0.05) is 0 Å². The minimum absolute atomic E-state index is 0.0557. The number of aromatic amines is 2. The van der Waals surface area contributed by atoms with Crippen LogP contribution in [0.5, 0.6) is 5.75 Å². The summed E-state index contributed by atoms with van der Waals surface area (Å²) in [5, 5.41) is 0.0557. The molecule has 0 aliphatic heterocycles. The minimum atomic E-state index is -4.12. The number of rotatable bonds is 4. The van der Waals surface area contributed by atoms with Crippen LogP contribution in [0.4, 0.5) is 0 Å². The van der Waals surface area contributed by atoms with Crippen molar-refractivity contribution in [3.63, 3.8) is 0 Å². The van der Waals surface area contributed by atoms with Crippen molar-refractivity contribution in [2.24, 2.45) is 0 Å². The molecule has 0 saturated heterocycles. The predicted octanol–water partition coefficient (Wildman–Crippen LogP) is 2.11. The van der Waals surface area contributed by atoms with Crippen molar-refractivity contribution in [2.75, 3.05) is 0 Å². The van der Waals surface area contributed by atoms with Gasteiger partial charge in [0.05, 0.1) is 10.9 Å². The molecular formula is C17H16N2O5S. The molecule has 0 aliphatic carbocycles. The van der Waals surface area contributed by atoms with Crippen LogP contribution in [0.2, 0.25) is 0 Å². The summed E-state index contributed by atoms with van der Waals surface area (Å²) in [6, 6.07) is 10.6. The Morgan fingerprint density at radius 1 is 1.00 bits per heavy atom. The van der Waals surface area contributed by atoms with E-state index in [1.54, 1.807) is 18.2 Å². The second kappa shape index (κ2) is 6.21. The Bertz CT molecular complexity index is 1160. The van der Waals surface area contributed by atoms with E-state index >= 15 is 0 Å². The zero-order valence-electron chi connectivity index (χ0n) is 13.6. The highest BCUT2D eigenvalue weighted by atomic mass is 32.2. The normalized spacial score (nSPS) is 11.8. The number of nitrogens with one attached hydrogen (secondary N) is 2. The summed E-state index contributed by atoms with van der Waals surface area (Å²) >= 11 is 0. The van der Waals surface area contributed by atoms with Gasteiger partial charge >= 0.3 is 15.8 Å². The third-order valence-electron chi connectivity index (χ3n) is 3.73. The fourth-order valence-electron chi connectivity index (χ4n) is 2.40. The lowest BCUT2D eigenvalue weighted by Crippen LogP contribution is -2.22. The third-order valence-corrected chi connectivity index (χ3v) is 4.97. The SMILES string of the molecule is CC(C)c1cccc(OS(=O)(=O)c2ccc3[nH]c(=O)[nH]c(=O)c3c2)c1. The summed E-state index contributed by atoms with van der Waals surface area (Å²) in [4.78, 5) is 27.4. The molecule has 1 heterocycles. The van der Waals surface area contributed by atoms with Crippen molar-refractivity contribution in [3.8, 4) is 5.75 Å². The molecule has 1 aromatic heterocycles. The van der Waals surface area contributed by atoms with Gasteiger partial charge in [0.15, 0.2) is 0 Å². The first-order valence-electron chi connectivity index (χ1n) is 7.57. The van der Waals surface area contributed by atoms with Crippen LogP contribution in [0.15, 0.2) is 56.9 Å². The molecule has 0 bridgehead atoms. The Balaban J connectivity index is 2.03.